The van der Waals surface area contributed by atoms with E-state index in [0.717, 1.165) is 6.42 Å². The second-order valence-corrected chi connectivity index (χ2v) is 3.26. The quantitative estimate of drug-likeness (QED) is 0.523. The summed E-state index contributed by atoms with van der Waals surface area (Å²) in [6.07, 6.45) is 5.28. The first-order chi connectivity index (χ1) is 4.54. The van der Waals surface area contributed by atoms with Crippen LogP contribution in [0.2, 0.25) is 0 Å². The van der Waals surface area contributed by atoms with Crippen molar-refractivity contribution in [3.63, 3.8) is 0 Å². The maximum atomic E-state index is 4.00. The van der Waals surface area contributed by atoms with Gasteiger partial charge in [-0.3, -0.25) is 0 Å². The first kappa shape index (κ1) is 9.48. The van der Waals surface area contributed by atoms with Crippen molar-refractivity contribution in [2.75, 3.05) is 0 Å². The molecule has 0 aromatic carbocycles. The first-order valence-corrected chi connectivity index (χ1v) is 3.86. The average molecular weight is 138 g/mol. The van der Waals surface area contributed by atoms with Gasteiger partial charge >= 0.3 is 0 Å². The number of hydrogen-bond acceptors (Lipinski definition) is 0. The molecule has 10 heavy (non-hydrogen) atoms. The zero-order valence-electron chi connectivity index (χ0n) is 7.57. The van der Waals surface area contributed by atoms with E-state index in [1.165, 1.54) is 5.57 Å². The van der Waals surface area contributed by atoms with Crippen molar-refractivity contribution in [1.82, 2.24) is 0 Å². The fraction of sp³-hybridized carbons (Fsp3) is 0.600. The lowest BCUT2D eigenvalue weighted by molar-refractivity contribution is 0.441. The number of allylic oxidation sites excluding steroid dienone is 3. The normalized spacial score (nSPS) is 12.4. The molecule has 0 saturated heterocycles. The zero-order valence-corrected chi connectivity index (χ0v) is 7.57. The van der Waals surface area contributed by atoms with Crippen molar-refractivity contribution in [3.8, 4) is 0 Å². The van der Waals surface area contributed by atoms with E-state index in [0.29, 0.717) is 0 Å². The van der Waals surface area contributed by atoms with Crippen LogP contribution in [0.15, 0.2) is 24.3 Å². The van der Waals surface area contributed by atoms with Crippen LogP contribution in [0.3, 0.4) is 0 Å². The van der Waals surface area contributed by atoms with Gasteiger partial charge in [-0.05, 0) is 24.3 Å². The minimum Gasteiger partial charge on any atom is -0.0953 e. The van der Waals surface area contributed by atoms with Crippen LogP contribution in [0.5, 0.6) is 0 Å². The van der Waals surface area contributed by atoms with Gasteiger partial charge in [-0.25, -0.2) is 0 Å². The molecular weight excluding hydrogens is 120 g/mol. The zero-order chi connectivity index (χ0) is 8.20. The minimum absolute atomic E-state index is 0.270. The molecule has 0 spiro atoms. The van der Waals surface area contributed by atoms with Crippen molar-refractivity contribution >= 4 is 0 Å². The lowest BCUT2D eigenvalue weighted by atomic mass is 9.82. The van der Waals surface area contributed by atoms with Gasteiger partial charge in [0.2, 0.25) is 0 Å². The van der Waals surface area contributed by atoms with Crippen LogP contribution in [-0.4, -0.2) is 0 Å². The molecule has 0 rings (SSSR count). The van der Waals surface area contributed by atoms with E-state index < -0.39 is 0 Å². The molecule has 0 aliphatic carbocycles. The van der Waals surface area contributed by atoms with Crippen LogP contribution in [0, 0.1) is 5.41 Å². The van der Waals surface area contributed by atoms with Crippen molar-refractivity contribution in [1.29, 1.82) is 0 Å². The molecule has 0 nitrogen and oxygen atoms in total. The number of rotatable bonds is 3. The van der Waals surface area contributed by atoms with Crippen LogP contribution < -0.4 is 0 Å². The van der Waals surface area contributed by atoms with Crippen molar-refractivity contribution < 1.29 is 0 Å². The third kappa shape index (κ3) is 2.38. The molecule has 0 aromatic heterocycles. The molecule has 0 heterocycles. The Labute approximate surface area is 64.6 Å². The standard InChI is InChI=1S/C10H18/c1-6-8-9(3)10(4,5)7-2/h6,8H,3,7H2,1-2,4-5H3/b8-6-. The van der Waals surface area contributed by atoms with E-state index in [2.05, 4.69) is 33.4 Å². The highest BCUT2D eigenvalue weighted by molar-refractivity contribution is 5.20. The second kappa shape index (κ2) is 3.60. The van der Waals surface area contributed by atoms with Gasteiger partial charge in [0, 0.05) is 0 Å². The molecule has 0 saturated carbocycles. The topological polar surface area (TPSA) is 0 Å². The van der Waals surface area contributed by atoms with Crippen LogP contribution in [-0.2, 0) is 0 Å². The Bertz CT molecular complexity index is 138. The Morgan fingerprint density at radius 2 is 2.00 bits per heavy atom. The monoisotopic (exact) mass is 138 g/mol. The average Bonchev–Trinajstić information content (AvgIpc) is 1.89. The third-order valence-electron chi connectivity index (χ3n) is 2.12. The second-order valence-electron chi connectivity index (χ2n) is 3.26. The molecule has 0 N–H and O–H groups in total. The maximum Gasteiger partial charge on any atom is -0.0112 e. The van der Waals surface area contributed by atoms with E-state index >= 15 is 0 Å². The van der Waals surface area contributed by atoms with Crippen LogP contribution in [0.1, 0.15) is 34.1 Å². The molecule has 0 aliphatic rings. The van der Waals surface area contributed by atoms with E-state index in [1.54, 1.807) is 0 Å². The summed E-state index contributed by atoms with van der Waals surface area (Å²) in [5, 5.41) is 0. The third-order valence-corrected chi connectivity index (χ3v) is 2.12. The predicted octanol–water partition coefficient (Wildman–Crippen LogP) is 3.55. The van der Waals surface area contributed by atoms with Gasteiger partial charge in [-0.2, -0.15) is 0 Å². The number of hydrogen-bond donors (Lipinski definition) is 0. The summed E-state index contributed by atoms with van der Waals surface area (Å²) in [5.41, 5.74) is 1.49. The van der Waals surface area contributed by atoms with Crippen LogP contribution in [0.4, 0.5) is 0 Å². The Balaban J connectivity index is 4.18. The van der Waals surface area contributed by atoms with Crippen LogP contribution >= 0.6 is 0 Å². The SMILES string of the molecule is C=C(/C=C\C)C(C)(C)CC. The summed E-state index contributed by atoms with van der Waals surface area (Å²) in [6, 6.07) is 0. The Kier molecular flexibility index (Phi) is 3.41. The summed E-state index contributed by atoms with van der Waals surface area (Å²) in [5.74, 6) is 0. The molecule has 0 bridgehead atoms. The molecular formula is C10H18. The van der Waals surface area contributed by atoms with E-state index in [4.69, 9.17) is 0 Å². The van der Waals surface area contributed by atoms with Gasteiger partial charge in [0.05, 0.1) is 0 Å². The molecule has 0 aliphatic heterocycles. The van der Waals surface area contributed by atoms with Gasteiger partial charge in [0.1, 0.15) is 0 Å². The van der Waals surface area contributed by atoms with Crippen LogP contribution in [0.25, 0.3) is 0 Å². The summed E-state index contributed by atoms with van der Waals surface area (Å²) in [6.45, 7) is 12.6. The molecule has 0 aromatic rings. The van der Waals surface area contributed by atoms with E-state index in [9.17, 15) is 0 Å². The van der Waals surface area contributed by atoms with E-state index in [1.807, 2.05) is 13.0 Å². The fourth-order valence-corrected chi connectivity index (χ4v) is 0.654. The highest BCUT2D eigenvalue weighted by Gasteiger charge is 2.16. The molecule has 0 amide bonds. The summed E-state index contributed by atoms with van der Waals surface area (Å²) in [4.78, 5) is 0. The molecule has 0 unspecified atom stereocenters. The molecule has 0 fully saturated rings. The molecule has 0 atom stereocenters. The highest BCUT2D eigenvalue weighted by Crippen LogP contribution is 2.28. The Morgan fingerprint density at radius 1 is 1.50 bits per heavy atom. The molecule has 58 valence electrons. The lowest BCUT2D eigenvalue weighted by Crippen LogP contribution is -2.10. The van der Waals surface area contributed by atoms with E-state index in [-0.39, 0.29) is 5.41 Å². The summed E-state index contributed by atoms with van der Waals surface area (Å²) >= 11 is 0. The Morgan fingerprint density at radius 3 is 2.30 bits per heavy atom. The summed E-state index contributed by atoms with van der Waals surface area (Å²) in [7, 11) is 0. The highest BCUT2D eigenvalue weighted by atomic mass is 14.2. The minimum atomic E-state index is 0.270. The maximum absolute atomic E-state index is 4.00. The largest absolute Gasteiger partial charge is 0.0953 e. The van der Waals surface area contributed by atoms with Gasteiger partial charge in [0.15, 0.2) is 0 Å². The van der Waals surface area contributed by atoms with Crippen molar-refractivity contribution in [2.24, 2.45) is 5.41 Å². The fourth-order valence-electron chi connectivity index (χ4n) is 0.654. The molecule has 0 heteroatoms. The predicted molar refractivity (Wildman–Crippen MR) is 48.0 cm³/mol. The van der Waals surface area contributed by atoms with Gasteiger partial charge in [-0.15, -0.1) is 0 Å². The van der Waals surface area contributed by atoms with Gasteiger partial charge < -0.3 is 0 Å². The Hall–Kier alpha value is -0.520. The van der Waals surface area contributed by atoms with Crippen molar-refractivity contribution in [2.45, 2.75) is 34.1 Å². The smallest absolute Gasteiger partial charge is 0.0112 e. The lowest BCUT2D eigenvalue weighted by Gasteiger charge is -2.23. The molecule has 0 radical (unpaired) electrons. The first-order valence-electron chi connectivity index (χ1n) is 3.86. The summed E-state index contributed by atoms with van der Waals surface area (Å²) < 4.78 is 0. The van der Waals surface area contributed by atoms with Gasteiger partial charge in [0.25, 0.3) is 0 Å². The van der Waals surface area contributed by atoms with Crippen molar-refractivity contribution in [3.05, 3.63) is 24.3 Å². The van der Waals surface area contributed by atoms with Gasteiger partial charge in [-0.1, -0.05) is 39.5 Å².